The lowest BCUT2D eigenvalue weighted by molar-refractivity contribution is -0.945. The van der Waals surface area contributed by atoms with Gasteiger partial charge in [-0.2, -0.15) is 0 Å². The Balaban J connectivity index is 1.29. The number of aromatic hydroxyl groups is 1. The molecule has 4 bridgehead atoms. The molecule has 6 nitrogen and oxygen atoms in total. The molecular formula is C30H31N2O4+. The summed E-state index contributed by atoms with van der Waals surface area (Å²) in [6.45, 7) is 6.10. The van der Waals surface area contributed by atoms with Crippen molar-refractivity contribution < 1.29 is 24.6 Å². The van der Waals surface area contributed by atoms with Gasteiger partial charge in [0.2, 0.25) is 5.91 Å². The molecule has 36 heavy (non-hydrogen) atoms. The van der Waals surface area contributed by atoms with Crippen molar-refractivity contribution in [3.63, 3.8) is 0 Å². The fourth-order valence-electron chi connectivity index (χ4n) is 9.64. The second-order valence-corrected chi connectivity index (χ2v) is 11.7. The van der Waals surface area contributed by atoms with Gasteiger partial charge >= 0.3 is 0 Å². The summed E-state index contributed by atoms with van der Waals surface area (Å²) in [4.78, 5) is 15.0. The molecule has 0 radical (unpaired) electrons. The minimum absolute atomic E-state index is 0.134. The summed E-state index contributed by atoms with van der Waals surface area (Å²) in [5.41, 5.74) is 2.86. The first-order valence-corrected chi connectivity index (χ1v) is 13.2. The predicted octanol–water partition coefficient (Wildman–Crippen LogP) is 1.21. The van der Waals surface area contributed by atoms with Crippen LogP contribution in [0.5, 0.6) is 11.5 Å². The van der Waals surface area contributed by atoms with Gasteiger partial charge in [-0.15, -0.1) is 6.58 Å². The highest BCUT2D eigenvalue weighted by Crippen LogP contribution is 2.86. The Morgan fingerprint density at radius 3 is 2.89 bits per heavy atom. The third-order valence-corrected chi connectivity index (χ3v) is 10.7. The molecule has 7 atom stereocenters. The van der Waals surface area contributed by atoms with E-state index in [-0.39, 0.29) is 28.0 Å². The van der Waals surface area contributed by atoms with Crippen molar-refractivity contribution in [2.24, 2.45) is 11.3 Å². The lowest BCUT2D eigenvalue weighted by Crippen LogP contribution is -3.20. The number of fused-ring (bicyclic) bond motifs is 1. The van der Waals surface area contributed by atoms with Crippen LogP contribution in [0.2, 0.25) is 0 Å². The van der Waals surface area contributed by atoms with Crippen LogP contribution in [0.15, 0.2) is 66.8 Å². The number of carbonyl (C=O) groups excluding carboxylic acids is 1. The molecular weight excluding hydrogens is 452 g/mol. The number of piperidine rings is 1. The number of phenolic OH excluding ortho intramolecular Hbond substituents is 1. The van der Waals surface area contributed by atoms with Crippen LogP contribution in [0.25, 0.3) is 0 Å². The molecule has 2 aliphatic heterocycles. The molecule has 2 spiro atoms. The fraction of sp³-hybridized carbons (Fsp3) is 0.433. The third kappa shape index (κ3) is 1.99. The number of amides is 1. The molecule has 7 aliphatic rings. The van der Waals surface area contributed by atoms with Crippen molar-refractivity contribution in [3.8, 4) is 11.5 Å². The van der Waals surface area contributed by atoms with Gasteiger partial charge < -0.3 is 25.2 Å². The summed E-state index contributed by atoms with van der Waals surface area (Å²) >= 11 is 0. The monoisotopic (exact) mass is 483 g/mol. The summed E-state index contributed by atoms with van der Waals surface area (Å²) in [5.74, 6) is -0.0615. The van der Waals surface area contributed by atoms with E-state index in [0.717, 1.165) is 37.9 Å². The highest BCUT2D eigenvalue weighted by atomic mass is 16.5. The largest absolute Gasteiger partial charge is 0.504 e. The van der Waals surface area contributed by atoms with Gasteiger partial charge in [0.1, 0.15) is 17.2 Å². The zero-order valence-corrected chi connectivity index (χ0v) is 20.2. The molecule has 2 aromatic rings. The first-order valence-electron chi connectivity index (χ1n) is 13.2. The molecule has 9 rings (SSSR count). The summed E-state index contributed by atoms with van der Waals surface area (Å²) in [6, 6.07) is 14.5. The van der Waals surface area contributed by atoms with E-state index in [2.05, 4.69) is 48.3 Å². The van der Waals surface area contributed by atoms with Crippen LogP contribution in [0.3, 0.4) is 0 Å². The van der Waals surface area contributed by atoms with Crippen molar-refractivity contribution in [2.45, 2.75) is 48.3 Å². The number of rotatable bonds is 6. The summed E-state index contributed by atoms with van der Waals surface area (Å²) in [7, 11) is 0. The average molecular weight is 484 g/mol. The van der Waals surface area contributed by atoms with E-state index in [1.165, 1.54) is 16.7 Å². The van der Waals surface area contributed by atoms with E-state index < -0.39 is 17.6 Å². The molecule has 5 aliphatic carbocycles. The van der Waals surface area contributed by atoms with E-state index in [0.29, 0.717) is 18.7 Å². The Morgan fingerprint density at radius 2 is 2.08 bits per heavy atom. The van der Waals surface area contributed by atoms with Crippen LogP contribution in [-0.4, -0.2) is 53.0 Å². The Kier molecular flexibility index (Phi) is 3.75. The topological polar surface area (TPSA) is 83.2 Å². The maximum Gasteiger partial charge on any atom is 0.226 e. The van der Waals surface area contributed by atoms with Gasteiger partial charge in [0.15, 0.2) is 11.5 Å². The number of ether oxygens (including phenoxy) is 1. The van der Waals surface area contributed by atoms with Gasteiger partial charge in [-0.05, 0) is 29.7 Å². The SMILES string of the molecule is C=CCNC(=O)[C@H]1C[C@@]23C4=C[C@]1(O)[C@@H]1Oc5c(O)ccc6c5[C@@]12CC[NH+](CCc1ccccc1)C43C6. The van der Waals surface area contributed by atoms with Gasteiger partial charge in [0.25, 0.3) is 0 Å². The van der Waals surface area contributed by atoms with Gasteiger partial charge in [-0.3, -0.25) is 4.79 Å². The van der Waals surface area contributed by atoms with Crippen molar-refractivity contribution in [3.05, 3.63) is 83.5 Å². The standard InChI is InChI=1S/C30H30N2O4/c1-2-12-31-25(34)20-16-29-22-17-28(20,35)26-27(29)11-14-32(13-10-18-6-4-3-5-7-18)30(22,29)15-19-8-9-21(33)24(36-26)23(19)27/h2-9,17,20,26,33,35H,1,10-16H2,(H,31,34)/p+1/t20-,26-,27+,28-,29-,30?/m1/s1. The molecule has 6 heteroatoms. The zero-order valence-electron chi connectivity index (χ0n) is 20.2. The smallest absolute Gasteiger partial charge is 0.226 e. The first kappa shape index (κ1) is 21.0. The van der Waals surface area contributed by atoms with E-state index in [1.54, 1.807) is 17.0 Å². The van der Waals surface area contributed by atoms with Gasteiger partial charge in [0, 0.05) is 36.9 Å². The maximum atomic E-state index is 13.4. The quantitative estimate of drug-likeness (QED) is 0.466. The van der Waals surface area contributed by atoms with E-state index >= 15 is 0 Å². The number of phenols is 1. The van der Waals surface area contributed by atoms with Crippen LogP contribution < -0.4 is 15.0 Å². The molecule has 4 N–H and O–H groups in total. The maximum absolute atomic E-state index is 13.4. The van der Waals surface area contributed by atoms with Gasteiger partial charge in [-0.25, -0.2) is 0 Å². The molecule has 2 unspecified atom stereocenters. The second-order valence-electron chi connectivity index (χ2n) is 11.7. The number of hydrogen-bond acceptors (Lipinski definition) is 4. The van der Waals surface area contributed by atoms with Crippen LogP contribution >= 0.6 is 0 Å². The average Bonchev–Trinajstić information content (AvgIpc) is 3.28. The number of nitrogens with one attached hydrogen (secondary N) is 2. The van der Waals surface area contributed by atoms with Crippen LogP contribution in [0.1, 0.15) is 29.5 Å². The minimum atomic E-state index is -1.41. The number of likely N-dealkylation sites (tertiary alicyclic amines) is 1. The molecule has 1 amide bonds. The van der Waals surface area contributed by atoms with E-state index in [1.807, 2.05) is 6.08 Å². The minimum Gasteiger partial charge on any atom is -0.504 e. The molecule has 3 fully saturated rings. The third-order valence-electron chi connectivity index (χ3n) is 10.7. The summed E-state index contributed by atoms with van der Waals surface area (Å²) in [5, 5.41) is 26.1. The zero-order chi connectivity index (χ0) is 24.5. The number of benzene rings is 2. The highest BCUT2D eigenvalue weighted by molar-refractivity contribution is 5.85. The number of carbonyl (C=O) groups is 1. The Hall–Kier alpha value is -3.09. The Labute approximate surface area is 210 Å². The molecule has 2 heterocycles. The lowest BCUT2D eigenvalue weighted by Gasteiger charge is -2.60. The Morgan fingerprint density at radius 1 is 1.25 bits per heavy atom. The summed E-state index contributed by atoms with van der Waals surface area (Å²) in [6.07, 6.45) is 6.49. The molecule has 2 saturated carbocycles. The van der Waals surface area contributed by atoms with E-state index in [4.69, 9.17) is 4.74 Å². The van der Waals surface area contributed by atoms with Crippen LogP contribution in [-0.2, 0) is 23.1 Å². The molecule has 1 saturated heterocycles. The molecule has 184 valence electrons. The van der Waals surface area contributed by atoms with Crippen molar-refractivity contribution in [1.29, 1.82) is 0 Å². The number of aliphatic hydroxyl groups is 1. The summed E-state index contributed by atoms with van der Waals surface area (Å²) < 4.78 is 6.55. The van der Waals surface area contributed by atoms with Crippen molar-refractivity contribution in [2.75, 3.05) is 19.6 Å². The first-order chi connectivity index (χ1) is 17.4. The normalized spacial score (nSPS) is 41.1. The molecule has 0 aromatic heterocycles. The van der Waals surface area contributed by atoms with Crippen molar-refractivity contribution in [1.82, 2.24) is 5.32 Å². The van der Waals surface area contributed by atoms with E-state index in [9.17, 15) is 15.0 Å². The van der Waals surface area contributed by atoms with Gasteiger partial charge in [-0.1, -0.05) is 42.5 Å². The predicted molar refractivity (Wildman–Crippen MR) is 133 cm³/mol. The molecule has 2 aromatic carbocycles. The fourth-order valence-corrected chi connectivity index (χ4v) is 9.64. The van der Waals surface area contributed by atoms with Gasteiger partial charge in [0.05, 0.1) is 29.8 Å². The number of hydrogen-bond donors (Lipinski definition) is 4. The highest BCUT2D eigenvalue weighted by Gasteiger charge is 2.97. The Bertz CT molecular complexity index is 1390. The number of quaternary nitrogens is 1. The van der Waals surface area contributed by atoms with Crippen LogP contribution in [0.4, 0.5) is 0 Å². The second kappa shape index (κ2) is 6.42. The van der Waals surface area contributed by atoms with Crippen LogP contribution in [0, 0.1) is 11.3 Å². The lowest BCUT2D eigenvalue weighted by atomic mass is 9.44. The van der Waals surface area contributed by atoms with Crippen molar-refractivity contribution >= 4 is 5.91 Å².